The highest BCUT2D eigenvalue weighted by atomic mass is 79.9. The molecule has 1 heterocycles. The fraction of sp³-hybridized carbons (Fsp3) is 0.333. The lowest BCUT2D eigenvalue weighted by Crippen LogP contribution is -1.71. The summed E-state index contributed by atoms with van der Waals surface area (Å²) >= 11 is 3.48. The number of rotatable bonds is 0. The van der Waals surface area contributed by atoms with Crippen LogP contribution in [0.3, 0.4) is 0 Å². The van der Waals surface area contributed by atoms with Crippen molar-refractivity contribution in [3.05, 3.63) is 33.9 Å². The van der Waals surface area contributed by atoms with Gasteiger partial charge in [0.15, 0.2) is 0 Å². The number of benzene rings is 1. The van der Waals surface area contributed by atoms with Gasteiger partial charge in [0, 0.05) is 10.9 Å². The van der Waals surface area contributed by atoms with Crippen LogP contribution in [0.15, 0.2) is 22.8 Å². The number of fused-ring (bicyclic) bond motifs is 1. The molecule has 0 fully saturated rings. The number of aromatic nitrogens is 1. The van der Waals surface area contributed by atoms with Gasteiger partial charge >= 0.3 is 0 Å². The van der Waals surface area contributed by atoms with Crippen LogP contribution in [0.25, 0.3) is 10.9 Å². The Bertz CT molecular complexity index is 429. The fourth-order valence-corrected chi connectivity index (χ4v) is 1.85. The molecule has 2 aromatic rings. The fourth-order valence-electron chi connectivity index (χ4n) is 1.42. The first-order valence-electron chi connectivity index (χ1n) is 4.93. The van der Waals surface area contributed by atoms with E-state index in [9.17, 15) is 0 Å². The summed E-state index contributed by atoms with van der Waals surface area (Å²) < 4.78 is 1.09. The topological polar surface area (TPSA) is 15.8 Å². The third-order valence-electron chi connectivity index (χ3n) is 2.15. The summed E-state index contributed by atoms with van der Waals surface area (Å²) in [6.45, 7) is 8.21. The first-order chi connectivity index (χ1) is 6.68. The minimum atomic E-state index is 1.09. The average molecular weight is 254 g/mol. The predicted molar refractivity (Wildman–Crippen MR) is 66.8 cm³/mol. The van der Waals surface area contributed by atoms with E-state index in [0.717, 1.165) is 4.60 Å². The number of hydrogen-bond acceptors (Lipinski definition) is 0. The van der Waals surface area contributed by atoms with Crippen molar-refractivity contribution in [3.8, 4) is 0 Å². The second-order valence-corrected chi connectivity index (χ2v) is 3.91. The Morgan fingerprint density at radius 1 is 1.14 bits per heavy atom. The van der Waals surface area contributed by atoms with Gasteiger partial charge < -0.3 is 4.98 Å². The molecule has 1 aromatic carbocycles. The SMILES string of the molecule is CC.Cc1ccc2c(C)c(Br)[nH]c2c1. The molecule has 0 atom stereocenters. The van der Waals surface area contributed by atoms with Crippen molar-refractivity contribution in [2.24, 2.45) is 0 Å². The van der Waals surface area contributed by atoms with Crippen LogP contribution in [0.5, 0.6) is 0 Å². The van der Waals surface area contributed by atoms with Crippen LogP contribution >= 0.6 is 15.9 Å². The van der Waals surface area contributed by atoms with Gasteiger partial charge in [-0.3, -0.25) is 0 Å². The highest BCUT2D eigenvalue weighted by molar-refractivity contribution is 9.10. The highest BCUT2D eigenvalue weighted by Crippen LogP contribution is 2.25. The van der Waals surface area contributed by atoms with Crippen molar-refractivity contribution in [2.75, 3.05) is 0 Å². The van der Waals surface area contributed by atoms with Crippen molar-refractivity contribution in [1.82, 2.24) is 4.98 Å². The maximum atomic E-state index is 3.48. The molecule has 0 radical (unpaired) electrons. The Kier molecular flexibility index (Phi) is 3.76. The second kappa shape index (κ2) is 4.65. The monoisotopic (exact) mass is 253 g/mol. The van der Waals surface area contributed by atoms with E-state index in [-0.39, 0.29) is 0 Å². The summed E-state index contributed by atoms with van der Waals surface area (Å²) in [7, 11) is 0. The smallest absolute Gasteiger partial charge is 0.0860 e. The van der Waals surface area contributed by atoms with E-state index < -0.39 is 0 Å². The minimum absolute atomic E-state index is 1.09. The van der Waals surface area contributed by atoms with Gasteiger partial charge in [0.1, 0.15) is 0 Å². The van der Waals surface area contributed by atoms with E-state index in [1.165, 1.54) is 22.0 Å². The summed E-state index contributed by atoms with van der Waals surface area (Å²) in [5.41, 5.74) is 3.78. The quantitative estimate of drug-likeness (QED) is 0.708. The van der Waals surface area contributed by atoms with Gasteiger partial charge in [0.25, 0.3) is 0 Å². The van der Waals surface area contributed by atoms with Gasteiger partial charge in [-0.15, -0.1) is 0 Å². The van der Waals surface area contributed by atoms with Gasteiger partial charge in [-0.1, -0.05) is 26.0 Å². The molecule has 14 heavy (non-hydrogen) atoms. The zero-order valence-electron chi connectivity index (χ0n) is 9.11. The largest absolute Gasteiger partial charge is 0.349 e. The molecule has 0 aliphatic heterocycles. The second-order valence-electron chi connectivity index (χ2n) is 3.11. The van der Waals surface area contributed by atoms with Crippen molar-refractivity contribution in [2.45, 2.75) is 27.7 Å². The molecule has 76 valence electrons. The van der Waals surface area contributed by atoms with E-state index in [1.54, 1.807) is 0 Å². The summed E-state index contributed by atoms with van der Waals surface area (Å²) in [6, 6.07) is 6.45. The zero-order valence-corrected chi connectivity index (χ0v) is 10.7. The Hall–Kier alpha value is -0.760. The molecule has 0 saturated carbocycles. The first kappa shape index (κ1) is 11.3. The van der Waals surface area contributed by atoms with Crippen molar-refractivity contribution in [3.63, 3.8) is 0 Å². The zero-order chi connectivity index (χ0) is 10.7. The van der Waals surface area contributed by atoms with Crippen molar-refractivity contribution >= 4 is 26.8 Å². The lowest BCUT2D eigenvalue weighted by molar-refractivity contribution is 1.35. The van der Waals surface area contributed by atoms with E-state index in [4.69, 9.17) is 0 Å². The van der Waals surface area contributed by atoms with E-state index in [0.29, 0.717) is 0 Å². The lowest BCUT2D eigenvalue weighted by atomic mass is 10.1. The summed E-state index contributed by atoms with van der Waals surface area (Å²) in [5.74, 6) is 0. The standard InChI is InChI=1S/C10H10BrN.C2H6/c1-6-3-4-8-7(2)10(11)12-9(8)5-6;1-2/h3-5,12H,1-2H3;1-2H3. The van der Waals surface area contributed by atoms with Crippen LogP contribution in [0, 0.1) is 13.8 Å². The molecular weight excluding hydrogens is 238 g/mol. The van der Waals surface area contributed by atoms with Gasteiger partial charge in [-0.25, -0.2) is 0 Å². The van der Waals surface area contributed by atoms with E-state index in [2.05, 4.69) is 53.0 Å². The molecule has 1 nitrogen and oxygen atoms in total. The van der Waals surface area contributed by atoms with Gasteiger partial charge in [-0.05, 0) is 47.0 Å². The lowest BCUT2D eigenvalue weighted by Gasteiger charge is -1.92. The number of aryl methyl sites for hydroxylation is 2. The third kappa shape index (κ3) is 2.01. The van der Waals surface area contributed by atoms with Crippen molar-refractivity contribution in [1.29, 1.82) is 0 Å². The Labute approximate surface area is 93.7 Å². The molecule has 2 rings (SSSR count). The summed E-state index contributed by atoms with van der Waals surface area (Å²) in [4.78, 5) is 3.28. The summed E-state index contributed by atoms with van der Waals surface area (Å²) in [6.07, 6.45) is 0. The van der Waals surface area contributed by atoms with Crippen LogP contribution in [0.1, 0.15) is 25.0 Å². The Morgan fingerprint density at radius 3 is 2.43 bits per heavy atom. The van der Waals surface area contributed by atoms with Crippen LogP contribution in [0.4, 0.5) is 0 Å². The Morgan fingerprint density at radius 2 is 1.79 bits per heavy atom. The van der Waals surface area contributed by atoms with Gasteiger partial charge in [0.05, 0.1) is 4.60 Å². The number of hydrogen-bond donors (Lipinski definition) is 1. The molecular formula is C12H16BrN. The molecule has 0 aliphatic rings. The van der Waals surface area contributed by atoms with Crippen LogP contribution in [-0.4, -0.2) is 4.98 Å². The Balaban J connectivity index is 0.000000461. The van der Waals surface area contributed by atoms with Gasteiger partial charge in [0.2, 0.25) is 0 Å². The predicted octanol–water partition coefficient (Wildman–Crippen LogP) is 4.57. The minimum Gasteiger partial charge on any atom is -0.349 e. The van der Waals surface area contributed by atoms with E-state index in [1.807, 2.05) is 13.8 Å². The average Bonchev–Trinajstić information content (AvgIpc) is 2.45. The number of aromatic amines is 1. The molecule has 0 spiro atoms. The third-order valence-corrected chi connectivity index (χ3v) is 2.95. The number of halogens is 1. The maximum absolute atomic E-state index is 3.48. The van der Waals surface area contributed by atoms with E-state index >= 15 is 0 Å². The molecule has 0 aliphatic carbocycles. The number of H-pyrrole nitrogens is 1. The van der Waals surface area contributed by atoms with Gasteiger partial charge in [-0.2, -0.15) is 0 Å². The molecule has 1 aromatic heterocycles. The maximum Gasteiger partial charge on any atom is 0.0860 e. The first-order valence-corrected chi connectivity index (χ1v) is 5.72. The highest BCUT2D eigenvalue weighted by Gasteiger charge is 2.03. The molecule has 0 amide bonds. The van der Waals surface area contributed by atoms with Crippen LogP contribution in [0.2, 0.25) is 0 Å². The molecule has 0 saturated heterocycles. The molecule has 1 N–H and O–H groups in total. The molecule has 0 unspecified atom stereocenters. The van der Waals surface area contributed by atoms with Crippen LogP contribution < -0.4 is 0 Å². The summed E-state index contributed by atoms with van der Waals surface area (Å²) in [5, 5.41) is 1.30. The van der Waals surface area contributed by atoms with Crippen molar-refractivity contribution < 1.29 is 0 Å². The molecule has 2 heteroatoms. The molecule has 0 bridgehead atoms. The van der Waals surface area contributed by atoms with Crippen LogP contribution in [-0.2, 0) is 0 Å². The normalized spacial score (nSPS) is 9.79. The number of nitrogens with one attached hydrogen (secondary N) is 1.